The molecule has 4 aliphatic heterocycles. The Labute approximate surface area is 267 Å². The largest absolute Gasteiger partial charge is 0.507 e. The van der Waals surface area contributed by atoms with Crippen LogP contribution in [-0.2, 0) is 33.2 Å². The Morgan fingerprint density at radius 2 is 1.96 bits per heavy atom. The van der Waals surface area contributed by atoms with Gasteiger partial charge in [0.15, 0.2) is 4.87 Å². The molecule has 0 amide bonds. The number of cyclic esters (lactones) is 1. The van der Waals surface area contributed by atoms with Crippen molar-refractivity contribution in [2.75, 3.05) is 26.1 Å². The molecule has 0 unspecified atom stereocenters. The Balaban J connectivity index is 1.13. The van der Waals surface area contributed by atoms with E-state index in [2.05, 4.69) is 6.92 Å². The quantitative estimate of drug-likeness (QED) is 0.342. The Morgan fingerprint density at radius 1 is 1.11 bits per heavy atom. The average Bonchev–Trinajstić information content (AvgIpc) is 3.72. The Morgan fingerprint density at radius 3 is 2.69 bits per heavy atom. The number of carbonyl (C=O) groups excluding carboxylic acids is 2. The maximum Gasteiger partial charge on any atom is 0.507 e. The van der Waals surface area contributed by atoms with Crippen LogP contribution in [-0.4, -0.2) is 95.5 Å². The molecule has 12 heteroatoms. The van der Waals surface area contributed by atoms with Gasteiger partial charge in [0.1, 0.15) is 13.2 Å². The molecule has 0 aromatic heterocycles. The van der Waals surface area contributed by atoms with Crippen molar-refractivity contribution < 1.29 is 48.2 Å². The van der Waals surface area contributed by atoms with Gasteiger partial charge in [0.05, 0.1) is 31.0 Å². The molecule has 45 heavy (non-hydrogen) atoms. The van der Waals surface area contributed by atoms with Gasteiger partial charge in [0.25, 0.3) is 5.79 Å². The number of aliphatic hydroxyl groups is 2. The molecule has 2 saturated heterocycles. The summed E-state index contributed by atoms with van der Waals surface area (Å²) in [6, 6.07) is 0. The zero-order chi connectivity index (χ0) is 31.4. The Kier molecular flexibility index (Phi) is 7.08. The molecule has 0 bridgehead atoms. The maximum absolute atomic E-state index is 12.8. The predicted octanol–water partition coefficient (Wildman–Crippen LogP) is 3.74. The van der Waals surface area contributed by atoms with Gasteiger partial charge in [0, 0.05) is 35.3 Å². The molecular weight excluding hydrogens is 602 g/mol. The highest BCUT2D eigenvalue weighted by Crippen LogP contribution is 2.71. The van der Waals surface area contributed by atoms with Crippen LogP contribution in [0.5, 0.6) is 0 Å². The van der Waals surface area contributed by atoms with E-state index in [9.17, 15) is 19.8 Å². The van der Waals surface area contributed by atoms with Gasteiger partial charge < -0.3 is 38.6 Å². The summed E-state index contributed by atoms with van der Waals surface area (Å²) in [4.78, 5) is 28.3. The lowest BCUT2D eigenvalue weighted by atomic mass is 9.42. The molecular formula is C33H45NO10S. The summed E-state index contributed by atoms with van der Waals surface area (Å²) in [5.41, 5.74) is -0.841. The summed E-state index contributed by atoms with van der Waals surface area (Å²) in [6.45, 7) is 4.63. The van der Waals surface area contributed by atoms with Crippen LogP contribution in [0.1, 0.15) is 71.6 Å². The molecule has 8 aliphatic rings. The zero-order valence-corrected chi connectivity index (χ0v) is 27.1. The van der Waals surface area contributed by atoms with E-state index in [0.29, 0.717) is 38.0 Å². The number of thioether (sulfide) groups is 1. The second kappa shape index (κ2) is 10.4. The van der Waals surface area contributed by atoms with Crippen molar-refractivity contribution in [3.63, 3.8) is 0 Å². The number of nitrogens with zero attached hydrogens (tertiary/aromatic N) is 1. The Bertz CT molecular complexity index is 1330. The molecule has 11 nitrogen and oxygen atoms in total. The van der Waals surface area contributed by atoms with Crippen molar-refractivity contribution in [2.24, 2.45) is 39.5 Å². The highest BCUT2D eigenvalue weighted by atomic mass is 32.2. The summed E-state index contributed by atoms with van der Waals surface area (Å²) < 4.78 is 35.6. The maximum atomic E-state index is 12.8. The summed E-state index contributed by atoms with van der Waals surface area (Å²) in [6.07, 6.45) is 7.36. The van der Waals surface area contributed by atoms with Crippen LogP contribution in [0, 0.1) is 34.5 Å². The number of methoxy groups -OCH3 is 1. The molecule has 8 rings (SSSR count). The van der Waals surface area contributed by atoms with E-state index in [-0.39, 0.29) is 48.5 Å². The third kappa shape index (κ3) is 4.17. The standard InChI is InChI=1S/C33H45NO10S/c1-18-14-32(34-10-11-45-32)33(38)27(42-18)43-24-13-20-4-5-23-22(30(20,15-25(24)44-33)17-41-28(36)39-3)6-8-29(2)21(7-9-31(23,29)37)19-12-26(35)40-16-19/h10,12,18,20-25,27,37-38H,4-9,11,13-17H2,1-3H3/t18-,20+,21-,22+,23-,24-,25-,27+,29-,30-,31+,32+,33-/m1/s1. The third-order valence-electron chi connectivity index (χ3n) is 13.4. The van der Waals surface area contributed by atoms with Crippen molar-refractivity contribution in [3.8, 4) is 0 Å². The number of carbonyl (C=O) groups is 2. The molecule has 0 radical (unpaired) electrons. The van der Waals surface area contributed by atoms with E-state index >= 15 is 0 Å². The van der Waals surface area contributed by atoms with Gasteiger partial charge in [0.2, 0.25) is 6.29 Å². The van der Waals surface area contributed by atoms with Crippen molar-refractivity contribution in [1.82, 2.24) is 0 Å². The molecule has 0 aromatic rings. The molecule has 13 atom stereocenters. The zero-order valence-electron chi connectivity index (χ0n) is 26.3. The van der Waals surface area contributed by atoms with Crippen molar-refractivity contribution in [1.29, 1.82) is 0 Å². The van der Waals surface area contributed by atoms with Crippen LogP contribution < -0.4 is 0 Å². The molecule has 4 aliphatic carbocycles. The number of hydrogen-bond donors (Lipinski definition) is 2. The molecule has 1 spiro atoms. The number of ether oxygens (including phenoxy) is 6. The number of fused-ring (bicyclic) bond motifs is 8. The van der Waals surface area contributed by atoms with E-state index in [0.717, 1.165) is 37.7 Å². The highest BCUT2D eigenvalue weighted by molar-refractivity contribution is 8.01. The fourth-order valence-electron chi connectivity index (χ4n) is 11.4. The first kappa shape index (κ1) is 30.6. The molecule has 0 aromatic carbocycles. The van der Waals surface area contributed by atoms with Crippen LogP contribution >= 0.6 is 11.8 Å². The van der Waals surface area contributed by atoms with Crippen LogP contribution in [0.15, 0.2) is 16.6 Å². The fraction of sp³-hybridized carbons (Fsp3) is 0.848. The van der Waals surface area contributed by atoms with Crippen molar-refractivity contribution >= 4 is 30.1 Å². The van der Waals surface area contributed by atoms with Crippen molar-refractivity contribution in [2.45, 2.75) is 112 Å². The van der Waals surface area contributed by atoms with Gasteiger partial charge in [-0.1, -0.05) is 6.92 Å². The minimum Gasteiger partial charge on any atom is -0.458 e. The minimum atomic E-state index is -1.76. The van der Waals surface area contributed by atoms with E-state index in [4.69, 9.17) is 33.4 Å². The molecule has 6 fully saturated rings. The highest BCUT2D eigenvalue weighted by Gasteiger charge is 2.72. The first-order valence-corrected chi connectivity index (χ1v) is 17.6. The van der Waals surface area contributed by atoms with Gasteiger partial charge in [-0.25, -0.2) is 9.59 Å². The van der Waals surface area contributed by atoms with Crippen LogP contribution in [0.4, 0.5) is 4.79 Å². The predicted molar refractivity (Wildman–Crippen MR) is 161 cm³/mol. The van der Waals surface area contributed by atoms with E-state index in [1.165, 1.54) is 7.11 Å². The van der Waals surface area contributed by atoms with Gasteiger partial charge in [-0.05, 0) is 87.5 Å². The first-order valence-electron chi connectivity index (χ1n) is 16.7. The van der Waals surface area contributed by atoms with Gasteiger partial charge in [-0.2, -0.15) is 0 Å². The normalized spacial score (nSPS) is 53.0. The molecule has 2 N–H and O–H groups in total. The molecule has 248 valence electrons. The average molecular weight is 648 g/mol. The first-order chi connectivity index (χ1) is 21.5. The van der Waals surface area contributed by atoms with Gasteiger partial charge in [-0.15, -0.1) is 11.8 Å². The second-order valence-corrected chi connectivity index (χ2v) is 16.4. The Hall–Kier alpha value is -1.70. The van der Waals surface area contributed by atoms with Crippen LogP contribution in [0.2, 0.25) is 0 Å². The number of aliphatic imine (C=N–C) groups is 1. The van der Waals surface area contributed by atoms with E-state index in [1.54, 1.807) is 17.8 Å². The fourth-order valence-corrected chi connectivity index (χ4v) is 12.7. The summed E-state index contributed by atoms with van der Waals surface area (Å²) in [7, 11) is 1.31. The molecule has 4 saturated carbocycles. The number of hydrogen-bond acceptors (Lipinski definition) is 12. The van der Waals surface area contributed by atoms with Crippen LogP contribution in [0.25, 0.3) is 0 Å². The minimum absolute atomic E-state index is 0.0190. The summed E-state index contributed by atoms with van der Waals surface area (Å²) in [5, 5.41) is 25.0. The smallest absolute Gasteiger partial charge is 0.458 e. The third-order valence-corrected chi connectivity index (χ3v) is 14.8. The van der Waals surface area contributed by atoms with Gasteiger partial charge in [-0.3, -0.25) is 4.99 Å². The number of rotatable bonds is 3. The van der Waals surface area contributed by atoms with Crippen LogP contribution in [0.3, 0.4) is 0 Å². The van der Waals surface area contributed by atoms with Crippen molar-refractivity contribution in [3.05, 3.63) is 11.6 Å². The molecule has 4 heterocycles. The lowest BCUT2D eigenvalue weighted by Crippen LogP contribution is -2.73. The summed E-state index contributed by atoms with van der Waals surface area (Å²) in [5.74, 6) is -1.11. The lowest BCUT2D eigenvalue weighted by Gasteiger charge is -2.66. The van der Waals surface area contributed by atoms with Gasteiger partial charge >= 0.3 is 12.1 Å². The SMILES string of the molecule is COC(=O)OC[C@]12C[C@H]3O[C@]4(O)[C@@H](O[C@H](C)C[C@@]45N=CCS5)O[C@@H]3C[C@@H]1CC[C@@H]1[C@@H]2CC[C@]2(C)[C@@H](C3=CC(=O)OC3)CC[C@]12O. The van der Waals surface area contributed by atoms with E-state index < -0.39 is 45.6 Å². The second-order valence-electron chi connectivity index (χ2n) is 15.1. The summed E-state index contributed by atoms with van der Waals surface area (Å²) >= 11 is 1.56. The number of esters is 1. The lowest BCUT2D eigenvalue weighted by molar-refractivity contribution is -0.447. The monoisotopic (exact) mass is 647 g/mol. The van der Waals surface area contributed by atoms with E-state index in [1.807, 2.05) is 13.1 Å². The topological polar surface area (TPSA) is 142 Å².